The van der Waals surface area contributed by atoms with Crippen molar-refractivity contribution in [2.75, 3.05) is 51.2 Å². The van der Waals surface area contributed by atoms with Gasteiger partial charge in [-0.05, 0) is 37.1 Å². The van der Waals surface area contributed by atoms with Crippen LogP contribution in [-0.2, 0) is 16.0 Å². The van der Waals surface area contributed by atoms with Gasteiger partial charge in [-0.3, -0.25) is 14.5 Å². The Labute approximate surface area is 197 Å². The summed E-state index contributed by atoms with van der Waals surface area (Å²) in [5.74, 6) is -0.236. The average Bonchev–Trinajstić information content (AvgIpc) is 3.24. The third kappa shape index (κ3) is 5.63. The Balaban J connectivity index is 1.27. The second-order valence-electron chi connectivity index (χ2n) is 9.26. The van der Waals surface area contributed by atoms with Gasteiger partial charge in [-0.25, -0.2) is 0 Å². The van der Waals surface area contributed by atoms with Crippen LogP contribution in [0.25, 0.3) is 0 Å². The van der Waals surface area contributed by atoms with Gasteiger partial charge in [-0.2, -0.15) is 0 Å². The zero-order valence-corrected chi connectivity index (χ0v) is 19.9. The molecule has 2 fully saturated rings. The fourth-order valence-electron chi connectivity index (χ4n) is 5.04. The first-order valence-electron chi connectivity index (χ1n) is 12.2. The van der Waals surface area contributed by atoms with E-state index in [9.17, 15) is 9.59 Å². The summed E-state index contributed by atoms with van der Waals surface area (Å²) in [6.07, 6.45) is 2.06. The molecule has 0 aliphatic carbocycles. The molecule has 2 aromatic carbocycles. The predicted octanol–water partition coefficient (Wildman–Crippen LogP) is 3.10. The second kappa shape index (κ2) is 10.9. The van der Waals surface area contributed by atoms with Crippen LogP contribution < -0.4 is 10.2 Å². The zero-order chi connectivity index (χ0) is 23.2. The van der Waals surface area contributed by atoms with Gasteiger partial charge in [0.05, 0.1) is 5.92 Å². The summed E-state index contributed by atoms with van der Waals surface area (Å²) < 4.78 is 0. The van der Waals surface area contributed by atoms with E-state index in [0.717, 1.165) is 50.3 Å². The van der Waals surface area contributed by atoms with Crippen LogP contribution in [0.4, 0.5) is 5.69 Å². The molecule has 2 aromatic rings. The third-order valence-electron chi connectivity index (χ3n) is 6.96. The van der Waals surface area contributed by atoms with Crippen molar-refractivity contribution in [2.24, 2.45) is 5.92 Å². The van der Waals surface area contributed by atoms with E-state index in [0.29, 0.717) is 25.6 Å². The first kappa shape index (κ1) is 23.5. The number of para-hydroxylation sites is 1. The predicted molar refractivity (Wildman–Crippen MR) is 132 cm³/mol. The number of anilines is 1. The van der Waals surface area contributed by atoms with E-state index in [1.807, 2.05) is 18.2 Å². The molecule has 33 heavy (non-hydrogen) atoms. The van der Waals surface area contributed by atoms with Crippen LogP contribution in [0.5, 0.6) is 0 Å². The number of rotatable bonds is 8. The largest absolute Gasteiger partial charge is 0.356 e. The Kier molecular flexibility index (Phi) is 7.78. The van der Waals surface area contributed by atoms with E-state index in [1.54, 1.807) is 4.90 Å². The molecule has 2 saturated heterocycles. The van der Waals surface area contributed by atoms with Crippen LogP contribution in [0.15, 0.2) is 54.6 Å². The number of amides is 2. The maximum absolute atomic E-state index is 12.8. The van der Waals surface area contributed by atoms with Crippen LogP contribution in [-0.4, -0.2) is 67.9 Å². The van der Waals surface area contributed by atoms with Crippen LogP contribution >= 0.6 is 0 Å². The third-order valence-corrected chi connectivity index (χ3v) is 6.96. The number of carbonyl (C=O) groups excluding carboxylic acids is 2. The van der Waals surface area contributed by atoms with Crippen molar-refractivity contribution in [1.82, 2.24) is 15.1 Å². The molecule has 2 amide bonds. The molecule has 0 bridgehead atoms. The van der Waals surface area contributed by atoms with E-state index >= 15 is 0 Å². The van der Waals surface area contributed by atoms with Crippen molar-refractivity contribution in [1.29, 1.82) is 0 Å². The molecule has 2 heterocycles. The molecule has 0 spiro atoms. The van der Waals surface area contributed by atoms with Gasteiger partial charge in [0.1, 0.15) is 0 Å². The second-order valence-corrected chi connectivity index (χ2v) is 9.26. The molecule has 6 nitrogen and oxygen atoms in total. The number of carbonyl (C=O) groups is 2. The quantitative estimate of drug-likeness (QED) is 0.631. The molecule has 1 N–H and O–H groups in total. The van der Waals surface area contributed by atoms with Gasteiger partial charge in [0.15, 0.2) is 0 Å². The molecule has 176 valence electrons. The van der Waals surface area contributed by atoms with Crippen molar-refractivity contribution >= 4 is 17.5 Å². The zero-order valence-electron chi connectivity index (χ0n) is 19.9. The number of hydrogen-bond acceptors (Lipinski definition) is 4. The Morgan fingerprint density at radius 3 is 2.58 bits per heavy atom. The molecule has 6 heteroatoms. The lowest BCUT2D eigenvalue weighted by Gasteiger charge is -2.40. The topological polar surface area (TPSA) is 55.9 Å². The van der Waals surface area contributed by atoms with Gasteiger partial charge in [-0.15, -0.1) is 0 Å². The summed E-state index contributed by atoms with van der Waals surface area (Å²) in [5, 5.41) is 3.09. The van der Waals surface area contributed by atoms with Gasteiger partial charge in [0, 0.05) is 57.4 Å². The van der Waals surface area contributed by atoms with E-state index in [2.05, 4.69) is 65.5 Å². The van der Waals surface area contributed by atoms with Crippen molar-refractivity contribution in [3.8, 4) is 0 Å². The molecule has 0 saturated carbocycles. The molecular weight excluding hydrogens is 412 g/mol. The average molecular weight is 449 g/mol. The van der Waals surface area contributed by atoms with E-state index in [-0.39, 0.29) is 17.7 Å². The number of likely N-dealkylation sites (N-methyl/N-ethyl adjacent to an activating group) is 1. The van der Waals surface area contributed by atoms with E-state index < -0.39 is 0 Å². The molecule has 4 rings (SSSR count). The summed E-state index contributed by atoms with van der Waals surface area (Å²) in [7, 11) is 2.18. The van der Waals surface area contributed by atoms with E-state index in [4.69, 9.17) is 0 Å². The summed E-state index contributed by atoms with van der Waals surface area (Å²) >= 11 is 0. The van der Waals surface area contributed by atoms with Crippen LogP contribution in [0.2, 0.25) is 0 Å². The van der Waals surface area contributed by atoms with Crippen molar-refractivity contribution in [2.45, 2.75) is 32.2 Å². The van der Waals surface area contributed by atoms with Crippen molar-refractivity contribution in [3.05, 3.63) is 65.7 Å². The highest BCUT2D eigenvalue weighted by molar-refractivity contribution is 6.00. The normalized spacial score (nSPS) is 22.0. The number of hydrogen-bond donors (Lipinski definition) is 1. The fourth-order valence-corrected chi connectivity index (χ4v) is 5.04. The first-order chi connectivity index (χ1) is 16.1. The van der Waals surface area contributed by atoms with Crippen LogP contribution in [0.1, 0.15) is 36.9 Å². The highest BCUT2D eigenvalue weighted by Crippen LogP contribution is 2.29. The molecule has 2 unspecified atom stereocenters. The van der Waals surface area contributed by atoms with Gasteiger partial charge in [0.2, 0.25) is 11.8 Å². The minimum atomic E-state index is -0.275. The molecule has 2 atom stereocenters. The molecule has 2 aliphatic rings. The minimum Gasteiger partial charge on any atom is -0.356 e. The maximum Gasteiger partial charge on any atom is 0.227 e. The molecule has 0 aromatic heterocycles. The van der Waals surface area contributed by atoms with E-state index in [1.165, 1.54) is 5.56 Å². The van der Waals surface area contributed by atoms with Gasteiger partial charge in [0.25, 0.3) is 0 Å². The number of piperazine rings is 1. The Bertz CT molecular complexity index is 948. The Morgan fingerprint density at radius 2 is 1.79 bits per heavy atom. The number of aryl methyl sites for hydroxylation is 1. The summed E-state index contributed by atoms with van der Waals surface area (Å²) in [6, 6.07) is 19.1. The van der Waals surface area contributed by atoms with Crippen molar-refractivity contribution < 1.29 is 9.59 Å². The maximum atomic E-state index is 12.8. The highest BCUT2D eigenvalue weighted by Gasteiger charge is 2.35. The van der Waals surface area contributed by atoms with Gasteiger partial charge >= 0.3 is 0 Å². The van der Waals surface area contributed by atoms with Gasteiger partial charge in [-0.1, -0.05) is 55.5 Å². The monoisotopic (exact) mass is 448 g/mol. The highest BCUT2D eigenvalue weighted by atomic mass is 16.2. The first-order valence-corrected chi connectivity index (χ1v) is 12.2. The lowest BCUT2D eigenvalue weighted by Crippen LogP contribution is -2.47. The lowest BCUT2D eigenvalue weighted by atomic mass is 10.0. The van der Waals surface area contributed by atoms with Crippen LogP contribution in [0, 0.1) is 5.92 Å². The molecule has 2 aliphatic heterocycles. The van der Waals surface area contributed by atoms with Crippen LogP contribution in [0.3, 0.4) is 0 Å². The number of nitrogens with zero attached hydrogens (tertiary/aromatic N) is 3. The standard InChI is InChI=1S/C27H36N4O2/c1-3-21-10-7-8-13-24(21)31-19-23(18-26(31)32)27(33)28-14-9-15-30-17-16-29(2)20-25(30)22-11-5-4-6-12-22/h4-8,10-13,23,25H,3,9,14-20H2,1-2H3,(H,28,33). The summed E-state index contributed by atoms with van der Waals surface area (Å²) in [4.78, 5) is 32.1. The Morgan fingerprint density at radius 1 is 1.03 bits per heavy atom. The smallest absolute Gasteiger partial charge is 0.227 e. The molecular formula is C27H36N4O2. The summed E-state index contributed by atoms with van der Waals surface area (Å²) in [5.41, 5.74) is 3.44. The van der Waals surface area contributed by atoms with Crippen molar-refractivity contribution in [3.63, 3.8) is 0 Å². The molecule has 0 radical (unpaired) electrons. The van der Waals surface area contributed by atoms with Gasteiger partial charge < -0.3 is 15.1 Å². The number of nitrogens with one attached hydrogen (secondary N) is 1. The fraction of sp³-hybridized carbons (Fsp3) is 0.481. The SMILES string of the molecule is CCc1ccccc1N1CC(C(=O)NCCCN2CCN(C)CC2c2ccccc2)CC1=O. The summed E-state index contributed by atoms with van der Waals surface area (Å²) in [6.45, 7) is 7.27. The minimum absolute atomic E-state index is 0.00202. The number of benzene rings is 2. The Hall–Kier alpha value is -2.70. The lowest BCUT2D eigenvalue weighted by molar-refractivity contribution is -0.126.